The molecule has 1 N–H and O–H groups in total. The number of benzene rings is 1. The second-order valence-electron chi connectivity index (χ2n) is 5.45. The summed E-state index contributed by atoms with van der Waals surface area (Å²) in [4.78, 5) is 25.2. The van der Waals surface area contributed by atoms with Crippen LogP contribution in [0.2, 0.25) is 5.02 Å². The molecule has 0 spiro atoms. The molecule has 0 aromatic heterocycles. The number of aliphatic carboxylic acids is 1. The van der Waals surface area contributed by atoms with Crippen molar-refractivity contribution >= 4 is 23.5 Å². The average molecular weight is 296 g/mol. The van der Waals surface area contributed by atoms with Crippen LogP contribution in [-0.2, 0) is 4.79 Å². The predicted molar refractivity (Wildman–Crippen MR) is 77.0 cm³/mol. The van der Waals surface area contributed by atoms with Crippen molar-refractivity contribution in [3.63, 3.8) is 0 Å². The second-order valence-corrected chi connectivity index (χ2v) is 5.88. The first-order valence-corrected chi connectivity index (χ1v) is 7.07. The van der Waals surface area contributed by atoms with E-state index in [1.165, 1.54) is 0 Å². The highest BCUT2D eigenvalue weighted by atomic mass is 35.5. The first kappa shape index (κ1) is 14.9. The van der Waals surface area contributed by atoms with Crippen molar-refractivity contribution in [2.45, 2.75) is 32.7 Å². The summed E-state index contributed by atoms with van der Waals surface area (Å²) in [6, 6.07) is 5.38. The molecule has 0 heterocycles. The molecule has 2 rings (SSSR count). The Morgan fingerprint density at radius 3 is 2.55 bits per heavy atom. The van der Waals surface area contributed by atoms with Crippen LogP contribution in [0.15, 0.2) is 18.2 Å². The minimum Gasteiger partial charge on any atom is -0.481 e. The lowest BCUT2D eigenvalue weighted by atomic mass is 10.1. The predicted octanol–water partition coefficient (Wildman–Crippen LogP) is 2.97. The van der Waals surface area contributed by atoms with Gasteiger partial charge < -0.3 is 10.0 Å². The van der Waals surface area contributed by atoms with E-state index in [1.807, 2.05) is 6.92 Å². The third-order valence-electron chi connectivity index (χ3n) is 3.43. The van der Waals surface area contributed by atoms with Gasteiger partial charge >= 0.3 is 5.97 Å². The van der Waals surface area contributed by atoms with Crippen LogP contribution in [0.3, 0.4) is 0 Å². The summed E-state index contributed by atoms with van der Waals surface area (Å²) in [5.41, 5.74) is 1.45. The van der Waals surface area contributed by atoms with Crippen molar-refractivity contribution in [2.24, 2.45) is 5.92 Å². The fourth-order valence-electron chi connectivity index (χ4n) is 2.18. The lowest BCUT2D eigenvalue weighted by Gasteiger charge is -2.24. The molecule has 0 radical (unpaired) electrons. The molecule has 20 heavy (non-hydrogen) atoms. The molecule has 0 aliphatic heterocycles. The maximum Gasteiger partial charge on any atom is 0.308 e. The molecule has 5 heteroatoms. The van der Waals surface area contributed by atoms with Gasteiger partial charge in [-0.1, -0.05) is 18.5 Å². The van der Waals surface area contributed by atoms with Gasteiger partial charge in [-0.3, -0.25) is 9.59 Å². The van der Waals surface area contributed by atoms with E-state index < -0.39 is 11.9 Å². The number of amides is 1. The zero-order chi connectivity index (χ0) is 14.9. The molecule has 0 bridgehead atoms. The number of nitrogens with zero attached hydrogens (tertiary/aromatic N) is 1. The fraction of sp³-hybridized carbons (Fsp3) is 0.467. The molecule has 1 aliphatic rings. The van der Waals surface area contributed by atoms with E-state index in [0.29, 0.717) is 10.6 Å². The van der Waals surface area contributed by atoms with Crippen LogP contribution in [0.1, 0.15) is 35.7 Å². The molecular formula is C15H18ClNO3. The van der Waals surface area contributed by atoms with Gasteiger partial charge in [-0.05, 0) is 43.5 Å². The first-order valence-electron chi connectivity index (χ1n) is 6.69. The Hall–Kier alpha value is -1.55. The fourth-order valence-corrected chi connectivity index (χ4v) is 2.47. The number of hydrogen-bond donors (Lipinski definition) is 1. The second kappa shape index (κ2) is 5.83. The molecular weight excluding hydrogens is 278 g/mol. The molecule has 1 atom stereocenters. The molecule has 1 unspecified atom stereocenters. The van der Waals surface area contributed by atoms with E-state index in [4.69, 9.17) is 16.7 Å². The van der Waals surface area contributed by atoms with Crippen molar-refractivity contribution in [3.05, 3.63) is 34.3 Å². The summed E-state index contributed by atoms with van der Waals surface area (Å²) in [6.45, 7) is 3.74. The van der Waals surface area contributed by atoms with E-state index >= 15 is 0 Å². The number of carbonyl (C=O) groups excluding carboxylic acids is 1. The number of carboxylic acid groups (broad SMARTS) is 1. The highest BCUT2D eigenvalue weighted by molar-refractivity contribution is 6.31. The van der Waals surface area contributed by atoms with Crippen LogP contribution in [-0.4, -0.2) is 34.5 Å². The molecule has 1 saturated carbocycles. The number of carbonyl (C=O) groups is 2. The van der Waals surface area contributed by atoms with Crippen molar-refractivity contribution in [2.75, 3.05) is 6.54 Å². The van der Waals surface area contributed by atoms with Gasteiger partial charge in [-0.15, -0.1) is 0 Å². The zero-order valence-electron chi connectivity index (χ0n) is 11.6. The van der Waals surface area contributed by atoms with Gasteiger partial charge in [0.2, 0.25) is 0 Å². The van der Waals surface area contributed by atoms with Gasteiger partial charge in [0.05, 0.1) is 5.92 Å². The van der Waals surface area contributed by atoms with Crippen LogP contribution >= 0.6 is 11.6 Å². The van der Waals surface area contributed by atoms with E-state index in [1.54, 1.807) is 30.0 Å². The van der Waals surface area contributed by atoms with Gasteiger partial charge in [-0.25, -0.2) is 0 Å². The molecule has 1 aromatic carbocycles. The van der Waals surface area contributed by atoms with Gasteiger partial charge in [0, 0.05) is 23.2 Å². The minimum atomic E-state index is -0.884. The summed E-state index contributed by atoms with van der Waals surface area (Å²) < 4.78 is 0. The smallest absolute Gasteiger partial charge is 0.308 e. The standard InChI is InChI=1S/C15H18ClNO3/c1-9-5-11(7-12(16)6-9)14(18)17(13-3-4-13)8-10(2)15(19)20/h5-7,10,13H,3-4,8H2,1-2H3,(H,19,20). The van der Waals surface area contributed by atoms with Crippen molar-refractivity contribution in [1.82, 2.24) is 4.90 Å². The van der Waals surface area contributed by atoms with Gasteiger partial charge in [-0.2, -0.15) is 0 Å². The van der Waals surface area contributed by atoms with Gasteiger partial charge in [0.25, 0.3) is 5.91 Å². The number of carboxylic acids is 1. The largest absolute Gasteiger partial charge is 0.481 e. The maximum absolute atomic E-state index is 12.6. The van der Waals surface area contributed by atoms with Crippen LogP contribution in [0.25, 0.3) is 0 Å². The molecule has 1 fully saturated rings. The maximum atomic E-state index is 12.6. The van der Waals surface area contributed by atoms with Gasteiger partial charge in [0.15, 0.2) is 0 Å². The highest BCUT2D eigenvalue weighted by Gasteiger charge is 2.35. The highest BCUT2D eigenvalue weighted by Crippen LogP contribution is 2.29. The van der Waals surface area contributed by atoms with E-state index in [9.17, 15) is 9.59 Å². The summed E-state index contributed by atoms with van der Waals surface area (Å²) in [5.74, 6) is -1.59. The Morgan fingerprint density at radius 1 is 1.40 bits per heavy atom. The van der Waals surface area contributed by atoms with E-state index in [-0.39, 0.29) is 18.5 Å². The van der Waals surface area contributed by atoms with Crippen LogP contribution in [0.5, 0.6) is 0 Å². The SMILES string of the molecule is Cc1cc(Cl)cc(C(=O)N(CC(C)C(=O)O)C2CC2)c1. The summed E-state index contributed by atoms with van der Waals surface area (Å²) in [7, 11) is 0. The number of halogens is 1. The Bertz CT molecular complexity index is 520. The van der Waals surface area contributed by atoms with Crippen molar-refractivity contribution in [3.8, 4) is 0 Å². The summed E-state index contributed by atoms with van der Waals surface area (Å²) in [5, 5.41) is 9.54. The number of rotatable bonds is 5. The first-order chi connectivity index (χ1) is 9.38. The third-order valence-corrected chi connectivity index (χ3v) is 3.65. The molecule has 1 aromatic rings. The third kappa shape index (κ3) is 3.51. The molecule has 0 saturated heterocycles. The quantitative estimate of drug-likeness (QED) is 0.908. The van der Waals surface area contributed by atoms with Gasteiger partial charge in [0.1, 0.15) is 0 Å². The van der Waals surface area contributed by atoms with E-state index in [0.717, 1.165) is 18.4 Å². The Labute approximate surface area is 123 Å². The van der Waals surface area contributed by atoms with E-state index in [2.05, 4.69) is 0 Å². The molecule has 108 valence electrons. The molecule has 1 aliphatic carbocycles. The normalized spacial score (nSPS) is 15.8. The Morgan fingerprint density at radius 2 is 2.05 bits per heavy atom. The van der Waals surface area contributed by atoms with Crippen LogP contribution < -0.4 is 0 Å². The molecule has 1 amide bonds. The number of aryl methyl sites for hydroxylation is 1. The van der Waals surface area contributed by atoms with Crippen molar-refractivity contribution < 1.29 is 14.7 Å². The average Bonchev–Trinajstić information content (AvgIpc) is 3.17. The van der Waals surface area contributed by atoms with Crippen molar-refractivity contribution in [1.29, 1.82) is 0 Å². The Balaban J connectivity index is 2.20. The summed E-state index contributed by atoms with van der Waals surface area (Å²) >= 11 is 5.99. The molecule has 4 nitrogen and oxygen atoms in total. The Kier molecular flexibility index (Phi) is 4.33. The number of hydrogen-bond acceptors (Lipinski definition) is 2. The minimum absolute atomic E-state index is 0.133. The van der Waals surface area contributed by atoms with Crippen LogP contribution in [0, 0.1) is 12.8 Å². The summed E-state index contributed by atoms with van der Waals surface area (Å²) in [6.07, 6.45) is 1.88. The topological polar surface area (TPSA) is 57.6 Å². The lowest BCUT2D eigenvalue weighted by Crippen LogP contribution is -2.38. The monoisotopic (exact) mass is 295 g/mol. The zero-order valence-corrected chi connectivity index (χ0v) is 12.4. The lowest BCUT2D eigenvalue weighted by molar-refractivity contribution is -0.141. The van der Waals surface area contributed by atoms with Crippen LogP contribution in [0.4, 0.5) is 0 Å².